The van der Waals surface area contributed by atoms with Crippen LogP contribution in [0.4, 0.5) is 5.13 Å². The average Bonchev–Trinajstić information content (AvgIpc) is 3.24. The number of thiazole rings is 1. The number of aromatic nitrogens is 1. The molecule has 6 heteroatoms. The quantitative estimate of drug-likeness (QED) is 0.275. The first-order chi connectivity index (χ1) is 14.3. The third-order valence-corrected chi connectivity index (χ3v) is 5.16. The van der Waals surface area contributed by atoms with Crippen LogP contribution in [-0.2, 0) is 6.61 Å². The van der Waals surface area contributed by atoms with Crippen LogP contribution in [0.1, 0.15) is 11.1 Å². The number of para-hydroxylation sites is 1. The standard InChI is InChI=1S/C23H18ClN3OS/c24-20-12-10-17(11-13-20)15-28-22-9-5-4-8-19(22)14-25-27-23-26-21(16-29-23)18-6-2-1-3-7-18/h1-14,16H,15H2,(H,26,27)/b25-14-. The molecular weight excluding hydrogens is 402 g/mol. The van der Waals surface area contributed by atoms with Crippen LogP contribution in [0, 0.1) is 0 Å². The van der Waals surface area contributed by atoms with E-state index in [0.29, 0.717) is 11.6 Å². The van der Waals surface area contributed by atoms with Gasteiger partial charge in [0.1, 0.15) is 12.4 Å². The Hall–Kier alpha value is -3.15. The molecule has 0 fully saturated rings. The van der Waals surface area contributed by atoms with E-state index in [2.05, 4.69) is 15.5 Å². The summed E-state index contributed by atoms with van der Waals surface area (Å²) in [6.07, 6.45) is 1.74. The summed E-state index contributed by atoms with van der Waals surface area (Å²) in [4.78, 5) is 4.57. The molecule has 0 bridgehead atoms. The van der Waals surface area contributed by atoms with Crippen LogP contribution in [0.25, 0.3) is 11.3 Å². The highest BCUT2D eigenvalue weighted by molar-refractivity contribution is 7.14. The molecule has 0 atom stereocenters. The van der Waals surface area contributed by atoms with Gasteiger partial charge in [0.25, 0.3) is 0 Å². The Morgan fingerprint density at radius 3 is 2.55 bits per heavy atom. The number of rotatable bonds is 7. The predicted octanol–water partition coefficient (Wildman–Crippen LogP) is 6.49. The molecule has 1 aromatic heterocycles. The summed E-state index contributed by atoms with van der Waals surface area (Å²) in [7, 11) is 0. The number of hydrazone groups is 1. The first-order valence-electron chi connectivity index (χ1n) is 9.04. The van der Waals surface area contributed by atoms with E-state index in [1.54, 1.807) is 6.21 Å². The lowest BCUT2D eigenvalue weighted by Gasteiger charge is -2.09. The van der Waals surface area contributed by atoms with Crippen molar-refractivity contribution < 1.29 is 4.74 Å². The maximum Gasteiger partial charge on any atom is 0.203 e. The van der Waals surface area contributed by atoms with E-state index in [0.717, 1.165) is 33.3 Å². The summed E-state index contributed by atoms with van der Waals surface area (Å²) in [6.45, 7) is 0.461. The van der Waals surface area contributed by atoms with E-state index in [-0.39, 0.29) is 0 Å². The lowest BCUT2D eigenvalue weighted by molar-refractivity contribution is 0.306. The van der Waals surface area contributed by atoms with Gasteiger partial charge in [0.15, 0.2) is 0 Å². The molecule has 4 nitrogen and oxygen atoms in total. The monoisotopic (exact) mass is 419 g/mol. The minimum Gasteiger partial charge on any atom is -0.488 e. The predicted molar refractivity (Wildman–Crippen MR) is 121 cm³/mol. The van der Waals surface area contributed by atoms with Crippen molar-refractivity contribution >= 4 is 34.3 Å². The summed E-state index contributed by atoms with van der Waals surface area (Å²) in [6, 6.07) is 25.5. The Bertz CT molecular complexity index is 1090. The molecular formula is C23H18ClN3OS. The molecule has 1 N–H and O–H groups in total. The largest absolute Gasteiger partial charge is 0.488 e. The zero-order valence-electron chi connectivity index (χ0n) is 15.5. The van der Waals surface area contributed by atoms with Crippen LogP contribution < -0.4 is 10.2 Å². The van der Waals surface area contributed by atoms with Crippen LogP contribution in [-0.4, -0.2) is 11.2 Å². The van der Waals surface area contributed by atoms with E-state index < -0.39 is 0 Å². The SMILES string of the molecule is Clc1ccc(COc2ccccc2/C=N\Nc2nc(-c3ccccc3)cs2)cc1. The Kier molecular flexibility index (Phi) is 6.19. The van der Waals surface area contributed by atoms with E-state index in [9.17, 15) is 0 Å². The number of benzene rings is 3. The van der Waals surface area contributed by atoms with E-state index in [1.165, 1.54) is 11.3 Å². The van der Waals surface area contributed by atoms with E-state index >= 15 is 0 Å². The Balaban J connectivity index is 1.40. The first-order valence-corrected chi connectivity index (χ1v) is 10.3. The van der Waals surface area contributed by atoms with Gasteiger partial charge < -0.3 is 4.74 Å². The zero-order chi connectivity index (χ0) is 19.9. The van der Waals surface area contributed by atoms with E-state index in [1.807, 2.05) is 84.2 Å². The van der Waals surface area contributed by atoms with Gasteiger partial charge >= 0.3 is 0 Å². The van der Waals surface area contributed by atoms with Crippen molar-refractivity contribution in [3.63, 3.8) is 0 Å². The molecule has 144 valence electrons. The average molecular weight is 420 g/mol. The third kappa shape index (κ3) is 5.22. The fourth-order valence-electron chi connectivity index (χ4n) is 2.68. The zero-order valence-corrected chi connectivity index (χ0v) is 17.0. The number of anilines is 1. The van der Waals surface area contributed by atoms with Gasteiger partial charge in [-0.15, -0.1) is 11.3 Å². The number of nitrogens with zero attached hydrogens (tertiary/aromatic N) is 2. The van der Waals surface area contributed by atoms with Crippen molar-refractivity contribution in [3.05, 3.63) is 100 Å². The molecule has 29 heavy (non-hydrogen) atoms. The molecule has 0 radical (unpaired) electrons. The number of hydrogen-bond acceptors (Lipinski definition) is 5. The summed E-state index contributed by atoms with van der Waals surface area (Å²) in [5.41, 5.74) is 6.95. The maximum atomic E-state index is 5.95. The lowest BCUT2D eigenvalue weighted by Crippen LogP contribution is -1.99. The highest BCUT2D eigenvalue weighted by atomic mass is 35.5. The fraction of sp³-hybridized carbons (Fsp3) is 0.0435. The minimum absolute atomic E-state index is 0.461. The summed E-state index contributed by atoms with van der Waals surface area (Å²) < 4.78 is 5.95. The second-order valence-electron chi connectivity index (χ2n) is 6.23. The molecule has 0 aliphatic carbocycles. The highest BCUT2D eigenvalue weighted by Gasteiger charge is 2.04. The van der Waals surface area contributed by atoms with Crippen molar-refractivity contribution in [3.8, 4) is 17.0 Å². The molecule has 0 aliphatic heterocycles. The van der Waals surface area contributed by atoms with Gasteiger partial charge in [-0.3, -0.25) is 5.43 Å². The molecule has 4 aromatic rings. The van der Waals surface area contributed by atoms with Crippen LogP contribution >= 0.6 is 22.9 Å². The molecule has 0 aliphatic rings. The Morgan fingerprint density at radius 1 is 0.966 bits per heavy atom. The molecule has 0 spiro atoms. The normalized spacial score (nSPS) is 10.9. The van der Waals surface area contributed by atoms with E-state index in [4.69, 9.17) is 16.3 Å². The van der Waals surface area contributed by atoms with Crippen molar-refractivity contribution in [2.24, 2.45) is 5.10 Å². The maximum absolute atomic E-state index is 5.95. The molecule has 0 saturated heterocycles. The molecule has 0 saturated carbocycles. The Morgan fingerprint density at radius 2 is 1.72 bits per heavy atom. The van der Waals surface area contributed by atoms with Crippen molar-refractivity contribution in [2.45, 2.75) is 6.61 Å². The molecule has 1 heterocycles. The number of halogens is 1. The Labute approximate surface area is 178 Å². The van der Waals surface area contributed by atoms with Gasteiger partial charge in [-0.05, 0) is 29.8 Å². The fourth-order valence-corrected chi connectivity index (χ4v) is 3.48. The molecule has 4 rings (SSSR count). The van der Waals surface area contributed by atoms with Crippen molar-refractivity contribution in [1.82, 2.24) is 4.98 Å². The highest BCUT2D eigenvalue weighted by Crippen LogP contribution is 2.24. The van der Waals surface area contributed by atoms with Crippen LogP contribution in [0.5, 0.6) is 5.75 Å². The number of hydrogen-bond donors (Lipinski definition) is 1. The smallest absolute Gasteiger partial charge is 0.203 e. The van der Waals surface area contributed by atoms with Crippen LogP contribution in [0.3, 0.4) is 0 Å². The van der Waals surface area contributed by atoms with Gasteiger partial charge in [0, 0.05) is 21.5 Å². The summed E-state index contributed by atoms with van der Waals surface area (Å²) in [5.74, 6) is 0.761. The van der Waals surface area contributed by atoms with Gasteiger partial charge in [-0.25, -0.2) is 4.98 Å². The second-order valence-corrected chi connectivity index (χ2v) is 7.52. The summed E-state index contributed by atoms with van der Waals surface area (Å²) >= 11 is 7.44. The van der Waals surface area contributed by atoms with Crippen molar-refractivity contribution in [1.29, 1.82) is 0 Å². The molecule has 0 amide bonds. The topological polar surface area (TPSA) is 46.5 Å². The van der Waals surface area contributed by atoms with Gasteiger partial charge in [0.2, 0.25) is 5.13 Å². The third-order valence-electron chi connectivity index (χ3n) is 4.16. The molecule has 0 unspecified atom stereocenters. The van der Waals surface area contributed by atoms with Crippen molar-refractivity contribution in [2.75, 3.05) is 5.43 Å². The van der Waals surface area contributed by atoms with Gasteiger partial charge in [-0.1, -0.05) is 66.2 Å². The summed E-state index contributed by atoms with van der Waals surface area (Å²) in [5, 5.41) is 7.78. The minimum atomic E-state index is 0.461. The second kappa shape index (κ2) is 9.37. The van der Waals surface area contributed by atoms with Crippen LogP contribution in [0.15, 0.2) is 89.3 Å². The van der Waals surface area contributed by atoms with Gasteiger partial charge in [0.05, 0.1) is 11.9 Å². The number of ether oxygens (including phenoxy) is 1. The number of nitrogens with one attached hydrogen (secondary N) is 1. The van der Waals surface area contributed by atoms with Crippen LogP contribution in [0.2, 0.25) is 5.02 Å². The molecule has 3 aromatic carbocycles. The lowest BCUT2D eigenvalue weighted by atomic mass is 10.2. The first kappa shape index (κ1) is 19.2. The van der Waals surface area contributed by atoms with Gasteiger partial charge in [-0.2, -0.15) is 5.10 Å².